The maximum atomic E-state index is 11.0. The number of aryl methyl sites for hydroxylation is 1. The van der Waals surface area contributed by atoms with Crippen LogP contribution in [0.15, 0.2) is 0 Å². The van der Waals surface area contributed by atoms with Crippen molar-refractivity contribution in [1.82, 2.24) is 9.55 Å². The number of hydrogen-bond acceptors (Lipinski definition) is 3. The first-order chi connectivity index (χ1) is 7.63. The van der Waals surface area contributed by atoms with E-state index in [1.165, 1.54) is 0 Å². The summed E-state index contributed by atoms with van der Waals surface area (Å²) in [6.07, 6.45) is 2.02. The Morgan fingerprint density at radius 3 is 3.06 bits per heavy atom. The molecule has 0 amide bonds. The quantitative estimate of drug-likeness (QED) is 0.823. The van der Waals surface area contributed by atoms with Crippen LogP contribution in [0.4, 0.5) is 0 Å². The molecule has 1 aliphatic rings. The number of fused-ring (bicyclic) bond motifs is 1. The molecule has 5 heteroatoms. The van der Waals surface area contributed by atoms with E-state index in [4.69, 9.17) is 9.84 Å². The van der Waals surface area contributed by atoms with Gasteiger partial charge >= 0.3 is 5.97 Å². The van der Waals surface area contributed by atoms with Gasteiger partial charge in [-0.25, -0.2) is 4.98 Å². The largest absolute Gasteiger partial charge is 0.481 e. The van der Waals surface area contributed by atoms with Crippen molar-refractivity contribution in [2.75, 3.05) is 7.11 Å². The summed E-state index contributed by atoms with van der Waals surface area (Å²) in [5, 5.41) is 9.01. The van der Waals surface area contributed by atoms with Crippen molar-refractivity contribution in [3.63, 3.8) is 0 Å². The number of carbonyl (C=O) groups is 1. The average molecular weight is 224 g/mol. The minimum absolute atomic E-state index is 0.265. The van der Waals surface area contributed by atoms with Crippen molar-refractivity contribution in [3.8, 4) is 0 Å². The number of imidazole rings is 1. The molecule has 88 valence electrons. The number of hydrogen-bond donors (Lipinski definition) is 1. The fraction of sp³-hybridized carbons (Fsp3) is 0.636. The molecule has 1 aliphatic carbocycles. The molecule has 1 N–H and O–H groups in total. The highest BCUT2D eigenvalue weighted by atomic mass is 16.5. The third kappa shape index (κ3) is 1.82. The maximum absolute atomic E-state index is 11.0. The molecule has 5 nitrogen and oxygen atoms in total. The van der Waals surface area contributed by atoms with Crippen molar-refractivity contribution in [2.45, 2.75) is 25.9 Å². The molecular formula is C11H16N2O3. The second kappa shape index (κ2) is 4.25. The summed E-state index contributed by atoms with van der Waals surface area (Å²) in [4.78, 5) is 15.4. The Kier molecular flexibility index (Phi) is 2.96. The normalized spacial score (nSPS) is 19.5. The third-order valence-corrected chi connectivity index (χ3v) is 3.18. The molecule has 0 aromatic carbocycles. The van der Waals surface area contributed by atoms with Crippen LogP contribution in [0.1, 0.15) is 23.6 Å². The summed E-state index contributed by atoms with van der Waals surface area (Å²) in [5.74, 6) is -0.100. The van der Waals surface area contributed by atoms with Crippen LogP contribution in [-0.2, 0) is 36.0 Å². The van der Waals surface area contributed by atoms with Gasteiger partial charge in [-0.15, -0.1) is 0 Å². The Labute approximate surface area is 94.1 Å². The summed E-state index contributed by atoms with van der Waals surface area (Å²) >= 11 is 0. The van der Waals surface area contributed by atoms with Crippen LogP contribution in [0.2, 0.25) is 0 Å². The van der Waals surface area contributed by atoms with E-state index < -0.39 is 5.97 Å². The van der Waals surface area contributed by atoms with Crippen LogP contribution in [-0.4, -0.2) is 27.7 Å². The Morgan fingerprint density at radius 2 is 2.44 bits per heavy atom. The number of ether oxygens (including phenoxy) is 1. The predicted octanol–water partition coefficient (Wildman–Crippen LogP) is 0.756. The summed E-state index contributed by atoms with van der Waals surface area (Å²) in [5.41, 5.74) is 2.08. The Balaban J connectivity index is 2.27. The number of methoxy groups -OCH3 is 1. The summed E-state index contributed by atoms with van der Waals surface area (Å²) in [6, 6.07) is 0. The number of aromatic nitrogens is 2. The van der Waals surface area contributed by atoms with Crippen molar-refractivity contribution in [2.24, 2.45) is 13.0 Å². The van der Waals surface area contributed by atoms with Gasteiger partial charge < -0.3 is 14.4 Å². The zero-order valence-electron chi connectivity index (χ0n) is 9.56. The number of nitrogens with zero attached hydrogens (tertiary/aromatic N) is 2. The van der Waals surface area contributed by atoms with Crippen molar-refractivity contribution in [3.05, 3.63) is 17.2 Å². The van der Waals surface area contributed by atoms with Crippen LogP contribution < -0.4 is 0 Å². The van der Waals surface area contributed by atoms with Crippen molar-refractivity contribution < 1.29 is 14.6 Å². The monoisotopic (exact) mass is 224 g/mol. The van der Waals surface area contributed by atoms with Crippen LogP contribution in [0, 0.1) is 5.92 Å². The van der Waals surface area contributed by atoms with E-state index in [2.05, 4.69) is 4.98 Å². The topological polar surface area (TPSA) is 64.4 Å². The predicted molar refractivity (Wildman–Crippen MR) is 57.1 cm³/mol. The molecule has 1 aromatic heterocycles. The lowest BCUT2D eigenvalue weighted by molar-refractivity contribution is -0.142. The minimum Gasteiger partial charge on any atom is -0.481 e. The maximum Gasteiger partial charge on any atom is 0.306 e. The lowest BCUT2D eigenvalue weighted by Gasteiger charge is -2.18. The second-order valence-electron chi connectivity index (χ2n) is 4.19. The molecule has 0 bridgehead atoms. The SMILES string of the molecule is COCc1nc2c(n1C)CC(C(=O)O)CC2. The molecule has 1 atom stereocenters. The number of carboxylic acids is 1. The lowest BCUT2D eigenvalue weighted by atomic mass is 9.90. The highest BCUT2D eigenvalue weighted by Crippen LogP contribution is 2.26. The third-order valence-electron chi connectivity index (χ3n) is 3.18. The van der Waals surface area contributed by atoms with Crippen LogP contribution >= 0.6 is 0 Å². The molecule has 0 spiro atoms. The zero-order chi connectivity index (χ0) is 11.7. The van der Waals surface area contributed by atoms with Crippen LogP contribution in [0.25, 0.3) is 0 Å². The van der Waals surface area contributed by atoms with E-state index in [9.17, 15) is 4.79 Å². The molecule has 2 rings (SSSR count). The van der Waals surface area contributed by atoms with Gasteiger partial charge in [-0.1, -0.05) is 0 Å². The molecule has 0 fully saturated rings. The second-order valence-corrected chi connectivity index (χ2v) is 4.19. The Bertz CT molecular complexity index is 412. The highest BCUT2D eigenvalue weighted by molar-refractivity contribution is 5.70. The van der Waals surface area contributed by atoms with Crippen molar-refractivity contribution in [1.29, 1.82) is 0 Å². The van der Waals surface area contributed by atoms with Gasteiger partial charge in [-0.05, 0) is 12.8 Å². The van der Waals surface area contributed by atoms with Gasteiger partial charge in [0.1, 0.15) is 12.4 Å². The number of carboxylic acid groups (broad SMARTS) is 1. The van der Waals surface area contributed by atoms with Gasteiger partial charge in [0.2, 0.25) is 0 Å². The first-order valence-corrected chi connectivity index (χ1v) is 5.38. The van der Waals surface area contributed by atoms with Crippen LogP contribution in [0.3, 0.4) is 0 Å². The molecule has 1 aromatic rings. The molecule has 0 saturated heterocycles. The molecule has 1 heterocycles. The number of rotatable bonds is 3. The minimum atomic E-state index is -0.708. The van der Waals surface area contributed by atoms with Gasteiger partial charge in [0, 0.05) is 26.3 Å². The summed E-state index contributed by atoms with van der Waals surface area (Å²) in [6.45, 7) is 0.473. The first-order valence-electron chi connectivity index (χ1n) is 5.38. The van der Waals surface area contributed by atoms with E-state index in [0.717, 1.165) is 23.6 Å². The van der Waals surface area contributed by atoms with E-state index in [1.54, 1.807) is 7.11 Å². The molecule has 0 aliphatic heterocycles. The molecule has 0 saturated carbocycles. The van der Waals surface area contributed by atoms with Gasteiger partial charge in [-0.3, -0.25) is 4.79 Å². The molecular weight excluding hydrogens is 208 g/mol. The molecule has 0 radical (unpaired) electrons. The van der Waals surface area contributed by atoms with E-state index >= 15 is 0 Å². The zero-order valence-corrected chi connectivity index (χ0v) is 9.56. The van der Waals surface area contributed by atoms with Crippen LogP contribution in [0.5, 0.6) is 0 Å². The van der Waals surface area contributed by atoms with Gasteiger partial charge in [0.05, 0.1) is 11.6 Å². The van der Waals surface area contributed by atoms with Gasteiger partial charge in [0.15, 0.2) is 0 Å². The van der Waals surface area contributed by atoms with E-state index in [-0.39, 0.29) is 5.92 Å². The van der Waals surface area contributed by atoms with Gasteiger partial charge in [-0.2, -0.15) is 0 Å². The molecule has 16 heavy (non-hydrogen) atoms. The van der Waals surface area contributed by atoms with Gasteiger partial charge in [0.25, 0.3) is 0 Å². The highest BCUT2D eigenvalue weighted by Gasteiger charge is 2.28. The fourth-order valence-corrected chi connectivity index (χ4v) is 2.22. The lowest BCUT2D eigenvalue weighted by Crippen LogP contribution is -2.23. The summed E-state index contributed by atoms with van der Waals surface area (Å²) < 4.78 is 7.03. The first kappa shape index (κ1) is 11.1. The number of aliphatic carboxylic acids is 1. The Morgan fingerprint density at radius 1 is 1.69 bits per heavy atom. The van der Waals surface area contributed by atoms with Crippen molar-refractivity contribution >= 4 is 5.97 Å². The molecule has 1 unspecified atom stereocenters. The average Bonchev–Trinajstić information content (AvgIpc) is 2.56. The van der Waals surface area contributed by atoms with E-state index in [1.807, 2.05) is 11.6 Å². The smallest absolute Gasteiger partial charge is 0.306 e. The fourth-order valence-electron chi connectivity index (χ4n) is 2.22. The van der Waals surface area contributed by atoms with E-state index in [0.29, 0.717) is 19.4 Å². The summed E-state index contributed by atoms with van der Waals surface area (Å²) in [7, 11) is 3.55. The Hall–Kier alpha value is -1.36. The standard InChI is InChI=1S/C11H16N2O3/c1-13-9-5-7(11(14)15)3-4-8(9)12-10(13)6-16-2/h7H,3-6H2,1-2H3,(H,14,15).